The highest BCUT2D eigenvalue weighted by Crippen LogP contribution is 2.20. The van der Waals surface area contributed by atoms with Crippen LogP contribution in [0.4, 0.5) is 4.39 Å². The fraction of sp³-hybridized carbons (Fsp3) is 0.333. The summed E-state index contributed by atoms with van der Waals surface area (Å²) in [6.07, 6.45) is 0. The quantitative estimate of drug-likeness (QED) is 0.887. The Hall–Kier alpha value is -1.92. The van der Waals surface area contributed by atoms with Gasteiger partial charge in [-0.2, -0.15) is 5.10 Å². The maximum absolute atomic E-state index is 13.5. The van der Waals surface area contributed by atoms with E-state index in [1.807, 2.05) is 6.92 Å². The van der Waals surface area contributed by atoms with Gasteiger partial charge in [0.2, 0.25) is 0 Å². The minimum Gasteiger partial charge on any atom is -0.394 e. The minimum atomic E-state index is -0.722. The van der Waals surface area contributed by atoms with E-state index in [4.69, 9.17) is 11.6 Å². The first-order chi connectivity index (χ1) is 10.5. The van der Waals surface area contributed by atoms with E-state index in [2.05, 4.69) is 10.4 Å². The SMILES string of the molecule is CCn1nc(C)cc1C(=O)NC(CO)c1ccc(Cl)c(F)c1. The van der Waals surface area contributed by atoms with Crippen LogP contribution in [0, 0.1) is 12.7 Å². The molecule has 7 heteroatoms. The highest BCUT2D eigenvalue weighted by Gasteiger charge is 2.19. The Labute approximate surface area is 132 Å². The molecule has 5 nitrogen and oxygen atoms in total. The summed E-state index contributed by atoms with van der Waals surface area (Å²) in [6.45, 7) is 3.87. The van der Waals surface area contributed by atoms with Gasteiger partial charge in [-0.15, -0.1) is 0 Å². The van der Waals surface area contributed by atoms with E-state index in [1.165, 1.54) is 12.1 Å². The van der Waals surface area contributed by atoms with E-state index in [0.29, 0.717) is 17.8 Å². The smallest absolute Gasteiger partial charge is 0.270 e. The predicted octanol–water partition coefficient (Wildman–Crippen LogP) is 2.47. The number of nitrogens with zero attached hydrogens (tertiary/aromatic N) is 2. The predicted molar refractivity (Wildman–Crippen MR) is 81.3 cm³/mol. The van der Waals surface area contributed by atoms with Crippen molar-refractivity contribution in [2.45, 2.75) is 26.4 Å². The number of hydrogen-bond donors (Lipinski definition) is 2. The second-order valence-electron chi connectivity index (χ2n) is 4.87. The van der Waals surface area contributed by atoms with Crippen molar-refractivity contribution in [2.75, 3.05) is 6.61 Å². The summed E-state index contributed by atoms with van der Waals surface area (Å²) >= 11 is 5.64. The van der Waals surface area contributed by atoms with Crippen LogP contribution in [0.2, 0.25) is 5.02 Å². The average molecular weight is 326 g/mol. The topological polar surface area (TPSA) is 67.2 Å². The van der Waals surface area contributed by atoms with Gasteiger partial charge in [-0.3, -0.25) is 9.48 Å². The van der Waals surface area contributed by atoms with E-state index >= 15 is 0 Å². The first-order valence-corrected chi connectivity index (χ1v) is 7.25. The van der Waals surface area contributed by atoms with Crippen molar-refractivity contribution >= 4 is 17.5 Å². The highest BCUT2D eigenvalue weighted by atomic mass is 35.5. The second-order valence-corrected chi connectivity index (χ2v) is 5.28. The summed E-state index contributed by atoms with van der Waals surface area (Å²) in [5.74, 6) is -0.974. The van der Waals surface area contributed by atoms with Gasteiger partial charge in [0.05, 0.1) is 23.4 Å². The van der Waals surface area contributed by atoms with Gasteiger partial charge in [-0.25, -0.2) is 4.39 Å². The van der Waals surface area contributed by atoms with Crippen LogP contribution in [0.1, 0.15) is 34.7 Å². The zero-order chi connectivity index (χ0) is 16.3. The first-order valence-electron chi connectivity index (χ1n) is 6.87. The number of aromatic nitrogens is 2. The molecule has 0 aliphatic carbocycles. The van der Waals surface area contributed by atoms with Gasteiger partial charge in [0, 0.05) is 6.54 Å². The van der Waals surface area contributed by atoms with Gasteiger partial charge in [-0.1, -0.05) is 17.7 Å². The zero-order valence-corrected chi connectivity index (χ0v) is 13.1. The number of benzene rings is 1. The molecule has 0 fully saturated rings. The van der Waals surface area contributed by atoms with Crippen LogP contribution in [-0.4, -0.2) is 27.4 Å². The lowest BCUT2D eigenvalue weighted by Gasteiger charge is -2.17. The number of aliphatic hydroxyl groups excluding tert-OH is 1. The third-order valence-electron chi connectivity index (χ3n) is 3.27. The van der Waals surface area contributed by atoms with Crippen molar-refractivity contribution in [3.63, 3.8) is 0 Å². The second kappa shape index (κ2) is 6.89. The summed E-state index contributed by atoms with van der Waals surface area (Å²) in [7, 11) is 0. The summed E-state index contributed by atoms with van der Waals surface area (Å²) in [5, 5.41) is 16.3. The first kappa shape index (κ1) is 16.5. The van der Waals surface area contributed by atoms with Crippen LogP contribution >= 0.6 is 11.6 Å². The number of aryl methyl sites for hydroxylation is 2. The average Bonchev–Trinajstić information content (AvgIpc) is 2.88. The normalized spacial score (nSPS) is 12.2. The molecule has 0 spiro atoms. The Morgan fingerprint density at radius 1 is 1.50 bits per heavy atom. The third kappa shape index (κ3) is 3.45. The van der Waals surface area contributed by atoms with Crippen LogP contribution in [0.15, 0.2) is 24.3 Å². The Kier molecular flexibility index (Phi) is 5.15. The lowest BCUT2D eigenvalue weighted by Crippen LogP contribution is -2.32. The fourth-order valence-corrected chi connectivity index (χ4v) is 2.28. The summed E-state index contributed by atoms with van der Waals surface area (Å²) in [4.78, 5) is 12.3. The molecule has 2 rings (SSSR count). The van der Waals surface area contributed by atoms with Gasteiger partial charge in [0.25, 0.3) is 5.91 Å². The van der Waals surface area contributed by atoms with Gasteiger partial charge >= 0.3 is 0 Å². The Morgan fingerprint density at radius 3 is 2.82 bits per heavy atom. The van der Waals surface area contributed by atoms with Crippen LogP contribution in [-0.2, 0) is 6.54 Å². The third-order valence-corrected chi connectivity index (χ3v) is 3.57. The molecule has 118 valence electrons. The van der Waals surface area contributed by atoms with E-state index < -0.39 is 11.9 Å². The van der Waals surface area contributed by atoms with E-state index in [1.54, 1.807) is 23.7 Å². The molecule has 0 aliphatic heterocycles. The Balaban J connectivity index is 2.22. The molecule has 22 heavy (non-hydrogen) atoms. The van der Waals surface area contributed by atoms with Gasteiger partial charge in [0.15, 0.2) is 0 Å². The van der Waals surface area contributed by atoms with Gasteiger partial charge < -0.3 is 10.4 Å². The van der Waals surface area contributed by atoms with Gasteiger partial charge in [-0.05, 0) is 37.6 Å². The number of nitrogens with one attached hydrogen (secondary N) is 1. The molecular weight excluding hydrogens is 309 g/mol. The molecule has 1 heterocycles. The number of carbonyl (C=O) groups is 1. The number of rotatable bonds is 5. The molecule has 2 aromatic rings. The lowest BCUT2D eigenvalue weighted by atomic mass is 10.1. The van der Waals surface area contributed by atoms with Crippen molar-refractivity contribution in [3.05, 3.63) is 52.1 Å². The van der Waals surface area contributed by atoms with Crippen molar-refractivity contribution in [1.29, 1.82) is 0 Å². The van der Waals surface area contributed by atoms with Crippen molar-refractivity contribution < 1.29 is 14.3 Å². The van der Waals surface area contributed by atoms with Crippen molar-refractivity contribution in [3.8, 4) is 0 Å². The Bertz CT molecular complexity index is 687. The Morgan fingerprint density at radius 2 is 2.23 bits per heavy atom. The number of halogens is 2. The van der Waals surface area contributed by atoms with Crippen LogP contribution in [0.3, 0.4) is 0 Å². The molecule has 1 unspecified atom stereocenters. The lowest BCUT2D eigenvalue weighted by molar-refractivity contribution is 0.0905. The van der Waals surface area contributed by atoms with Gasteiger partial charge in [0.1, 0.15) is 11.5 Å². The van der Waals surface area contributed by atoms with Crippen LogP contribution in [0.5, 0.6) is 0 Å². The summed E-state index contributed by atoms with van der Waals surface area (Å²) < 4.78 is 15.1. The highest BCUT2D eigenvalue weighted by molar-refractivity contribution is 6.30. The molecule has 0 saturated heterocycles. The largest absolute Gasteiger partial charge is 0.394 e. The van der Waals surface area contributed by atoms with E-state index in [9.17, 15) is 14.3 Å². The minimum absolute atomic E-state index is 0.00792. The standard InChI is InChI=1S/C15H17ClFN3O2/c1-3-20-14(6-9(2)19-20)15(22)18-13(8-21)10-4-5-11(16)12(17)7-10/h4-7,13,21H,3,8H2,1-2H3,(H,18,22). The molecule has 1 aromatic heterocycles. The number of carbonyl (C=O) groups excluding carboxylic acids is 1. The van der Waals surface area contributed by atoms with E-state index in [0.717, 1.165) is 5.69 Å². The maximum atomic E-state index is 13.5. The monoisotopic (exact) mass is 325 g/mol. The summed E-state index contributed by atoms with van der Waals surface area (Å²) in [6, 6.07) is 5.10. The summed E-state index contributed by atoms with van der Waals surface area (Å²) in [5.41, 5.74) is 1.56. The fourth-order valence-electron chi connectivity index (χ4n) is 2.17. The maximum Gasteiger partial charge on any atom is 0.270 e. The molecule has 1 aromatic carbocycles. The molecule has 0 aliphatic rings. The molecule has 0 bridgehead atoms. The molecule has 0 saturated carbocycles. The number of amides is 1. The molecule has 1 amide bonds. The van der Waals surface area contributed by atoms with E-state index in [-0.39, 0.29) is 17.5 Å². The molecule has 2 N–H and O–H groups in total. The van der Waals surface area contributed by atoms with Crippen LogP contribution in [0.25, 0.3) is 0 Å². The molecule has 0 radical (unpaired) electrons. The molecule has 1 atom stereocenters. The molecular formula is C15H17ClFN3O2. The van der Waals surface area contributed by atoms with Crippen LogP contribution < -0.4 is 5.32 Å². The van der Waals surface area contributed by atoms with Crippen molar-refractivity contribution in [2.24, 2.45) is 0 Å². The zero-order valence-electron chi connectivity index (χ0n) is 12.3. The number of aliphatic hydroxyl groups is 1. The number of hydrogen-bond acceptors (Lipinski definition) is 3. The van der Waals surface area contributed by atoms with Crippen molar-refractivity contribution in [1.82, 2.24) is 15.1 Å².